The van der Waals surface area contributed by atoms with Crippen LogP contribution in [-0.2, 0) is 4.79 Å². The number of anilines is 1. The first kappa shape index (κ1) is 17.3. The molecule has 5 nitrogen and oxygen atoms in total. The van der Waals surface area contributed by atoms with E-state index in [-0.39, 0.29) is 18.1 Å². The van der Waals surface area contributed by atoms with Gasteiger partial charge < -0.3 is 14.8 Å². The summed E-state index contributed by atoms with van der Waals surface area (Å²) < 4.78 is 11.7. The average molecular weight is 340 g/mol. The molecule has 0 saturated heterocycles. The third-order valence-electron chi connectivity index (χ3n) is 4.42. The maximum Gasteiger partial charge on any atom is 0.241 e. The fourth-order valence-corrected chi connectivity index (χ4v) is 2.72. The van der Waals surface area contributed by atoms with E-state index in [9.17, 15) is 4.79 Å². The molecule has 0 saturated carbocycles. The lowest BCUT2D eigenvalue weighted by Crippen LogP contribution is -2.46. The van der Waals surface area contributed by atoms with Gasteiger partial charge in [-0.05, 0) is 45.2 Å². The Kier molecular flexibility index (Phi) is 5.24. The molecule has 2 aromatic rings. The summed E-state index contributed by atoms with van der Waals surface area (Å²) in [4.78, 5) is 14.4. The molecule has 3 rings (SSSR count). The lowest BCUT2D eigenvalue weighted by Gasteiger charge is -2.31. The highest BCUT2D eigenvalue weighted by Gasteiger charge is 2.26. The lowest BCUT2D eigenvalue weighted by atomic mass is 10.2. The molecular weight excluding hydrogens is 316 g/mol. The molecule has 1 amide bonds. The van der Waals surface area contributed by atoms with Gasteiger partial charge in [0.2, 0.25) is 5.91 Å². The highest BCUT2D eigenvalue weighted by atomic mass is 16.6. The van der Waals surface area contributed by atoms with Crippen LogP contribution < -0.4 is 14.8 Å². The van der Waals surface area contributed by atoms with Crippen molar-refractivity contribution in [2.75, 3.05) is 25.5 Å². The number of carbonyl (C=O) groups is 1. The predicted molar refractivity (Wildman–Crippen MR) is 98.3 cm³/mol. The number of rotatable bonds is 5. The van der Waals surface area contributed by atoms with Crippen molar-refractivity contribution < 1.29 is 14.3 Å². The number of benzene rings is 2. The van der Waals surface area contributed by atoms with E-state index in [4.69, 9.17) is 9.47 Å². The number of fused-ring (bicyclic) bond motifs is 1. The van der Waals surface area contributed by atoms with Gasteiger partial charge in [-0.1, -0.05) is 29.8 Å². The van der Waals surface area contributed by atoms with Gasteiger partial charge in [0.15, 0.2) is 11.5 Å². The number of hydrogen-bond donors (Lipinski definition) is 1. The third-order valence-corrected chi connectivity index (χ3v) is 4.42. The first-order valence-electron chi connectivity index (χ1n) is 8.49. The van der Waals surface area contributed by atoms with Crippen molar-refractivity contribution in [1.82, 2.24) is 4.90 Å². The van der Waals surface area contributed by atoms with Crippen LogP contribution in [0, 0.1) is 6.92 Å². The number of amides is 1. The maximum absolute atomic E-state index is 12.5. The first-order valence-corrected chi connectivity index (χ1v) is 8.49. The van der Waals surface area contributed by atoms with E-state index < -0.39 is 0 Å². The fourth-order valence-electron chi connectivity index (χ4n) is 2.72. The van der Waals surface area contributed by atoms with E-state index >= 15 is 0 Å². The monoisotopic (exact) mass is 340 g/mol. The van der Waals surface area contributed by atoms with Crippen LogP contribution in [-0.4, -0.2) is 43.2 Å². The molecule has 2 unspecified atom stereocenters. The Morgan fingerprint density at radius 3 is 2.60 bits per heavy atom. The van der Waals surface area contributed by atoms with Crippen molar-refractivity contribution in [1.29, 1.82) is 0 Å². The molecule has 0 bridgehead atoms. The molecule has 0 radical (unpaired) electrons. The second kappa shape index (κ2) is 7.57. The number of nitrogens with zero attached hydrogens (tertiary/aromatic N) is 1. The van der Waals surface area contributed by atoms with E-state index in [1.54, 1.807) is 0 Å². The molecule has 0 aromatic heterocycles. The summed E-state index contributed by atoms with van der Waals surface area (Å²) in [5, 5.41) is 2.95. The standard InChI is InChI=1S/C20H24N2O3/c1-14-8-10-16(11-9-14)21-20(23)15(2)22(3)12-17-13-24-18-6-4-5-7-19(18)25-17/h4-11,15,17H,12-13H2,1-3H3,(H,21,23). The number of aryl methyl sites for hydroxylation is 1. The SMILES string of the molecule is Cc1ccc(NC(=O)C(C)N(C)CC2COc3ccccc3O2)cc1. The third kappa shape index (κ3) is 4.31. The Labute approximate surface area is 148 Å². The summed E-state index contributed by atoms with van der Waals surface area (Å²) >= 11 is 0. The minimum absolute atomic E-state index is 0.0384. The van der Waals surface area contributed by atoms with Crippen LogP contribution in [0.3, 0.4) is 0 Å². The van der Waals surface area contributed by atoms with Crippen LogP contribution in [0.4, 0.5) is 5.69 Å². The van der Waals surface area contributed by atoms with E-state index in [1.807, 2.05) is 74.3 Å². The summed E-state index contributed by atoms with van der Waals surface area (Å²) in [7, 11) is 1.92. The molecule has 0 aliphatic carbocycles. The van der Waals surface area contributed by atoms with Gasteiger partial charge in [0, 0.05) is 12.2 Å². The number of likely N-dealkylation sites (N-methyl/N-ethyl adjacent to an activating group) is 1. The predicted octanol–water partition coefficient (Wildman–Crippen LogP) is 3.09. The molecule has 1 N–H and O–H groups in total. The van der Waals surface area contributed by atoms with Crippen molar-refractivity contribution in [3.8, 4) is 11.5 Å². The summed E-state index contributed by atoms with van der Waals surface area (Å²) in [6, 6.07) is 15.1. The Morgan fingerprint density at radius 2 is 1.88 bits per heavy atom. The van der Waals surface area contributed by atoms with Gasteiger partial charge in [-0.15, -0.1) is 0 Å². The number of para-hydroxylation sites is 2. The van der Waals surface area contributed by atoms with Crippen LogP contribution in [0.1, 0.15) is 12.5 Å². The topological polar surface area (TPSA) is 50.8 Å². The number of nitrogens with one attached hydrogen (secondary N) is 1. The highest BCUT2D eigenvalue weighted by molar-refractivity contribution is 5.94. The van der Waals surface area contributed by atoms with E-state index in [0.29, 0.717) is 13.2 Å². The van der Waals surface area contributed by atoms with Crippen LogP contribution >= 0.6 is 0 Å². The summed E-state index contributed by atoms with van der Waals surface area (Å²) in [5.74, 6) is 1.49. The van der Waals surface area contributed by atoms with Gasteiger partial charge in [0.25, 0.3) is 0 Å². The van der Waals surface area contributed by atoms with Crippen molar-refractivity contribution in [2.24, 2.45) is 0 Å². The molecule has 1 aliphatic rings. The van der Waals surface area contributed by atoms with Crippen LogP contribution in [0.5, 0.6) is 11.5 Å². The van der Waals surface area contributed by atoms with Gasteiger partial charge in [0.1, 0.15) is 12.7 Å². The van der Waals surface area contributed by atoms with Crippen LogP contribution in [0.15, 0.2) is 48.5 Å². The Hall–Kier alpha value is -2.53. The molecular formula is C20H24N2O3. The van der Waals surface area contributed by atoms with Crippen LogP contribution in [0.2, 0.25) is 0 Å². The Morgan fingerprint density at radius 1 is 1.20 bits per heavy atom. The molecule has 132 valence electrons. The molecule has 0 fully saturated rings. The number of carbonyl (C=O) groups excluding carboxylic acids is 1. The van der Waals surface area contributed by atoms with Crippen LogP contribution in [0.25, 0.3) is 0 Å². The minimum Gasteiger partial charge on any atom is -0.486 e. The maximum atomic E-state index is 12.5. The normalized spacial score (nSPS) is 17.2. The van der Waals surface area contributed by atoms with Crippen molar-refractivity contribution in [2.45, 2.75) is 26.0 Å². The van der Waals surface area contributed by atoms with Gasteiger partial charge in [-0.2, -0.15) is 0 Å². The zero-order valence-corrected chi connectivity index (χ0v) is 14.9. The van der Waals surface area contributed by atoms with E-state index in [2.05, 4.69) is 5.32 Å². The molecule has 2 aromatic carbocycles. The van der Waals surface area contributed by atoms with Gasteiger partial charge in [-0.3, -0.25) is 9.69 Å². The van der Waals surface area contributed by atoms with Gasteiger partial charge in [-0.25, -0.2) is 0 Å². The Bertz CT molecular complexity index is 730. The van der Waals surface area contributed by atoms with E-state index in [0.717, 1.165) is 22.7 Å². The quantitative estimate of drug-likeness (QED) is 0.909. The molecule has 25 heavy (non-hydrogen) atoms. The molecule has 5 heteroatoms. The zero-order chi connectivity index (χ0) is 17.8. The smallest absolute Gasteiger partial charge is 0.241 e. The summed E-state index contributed by atoms with van der Waals surface area (Å²) in [6.45, 7) is 5.00. The summed E-state index contributed by atoms with van der Waals surface area (Å²) in [6.07, 6.45) is -0.102. The molecule has 2 atom stereocenters. The lowest BCUT2D eigenvalue weighted by molar-refractivity contribution is -0.120. The number of hydrogen-bond acceptors (Lipinski definition) is 4. The van der Waals surface area contributed by atoms with Gasteiger partial charge in [0.05, 0.1) is 6.04 Å². The highest BCUT2D eigenvalue weighted by Crippen LogP contribution is 2.31. The zero-order valence-electron chi connectivity index (χ0n) is 14.9. The van der Waals surface area contributed by atoms with Crippen molar-refractivity contribution >= 4 is 11.6 Å². The fraction of sp³-hybridized carbons (Fsp3) is 0.350. The largest absolute Gasteiger partial charge is 0.486 e. The first-order chi connectivity index (χ1) is 12.0. The second-order valence-electron chi connectivity index (χ2n) is 6.47. The number of ether oxygens (including phenoxy) is 2. The summed E-state index contributed by atoms with van der Waals surface area (Å²) in [5.41, 5.74) is 1.97. The average Bonchev–Trinajstić information content (AvgIpc) is 2.62. The van der Waals surface area contributed by atoms with Gasteiger partial charge >= 0.3 is 0 Å². The second-order valence-corrected chi connectivity index (χ2v) is 6.47. The minimum atomic E-state index is -0.276. The molecule has 1 heterocycles. The Balaban J connectivity index is 1.54. The van der Waals surface area contributed by atoms with E-state index in [1.165, 1.54) is 0 Å². The van der Waals surface area contributed by atoms with Crippen molar-refractivity contribution in [3.05, 3.63) is 54.1 Å². The van der Waals surface area contributed by atoms with Crippen molar-refractivity contribution in [3.63, 3.8) is 0 Å². The molecule has 0 spiro atoms. The molecule has 1 aliphatic heterocycles.